The molecule has 3 heteroatoms. The molecule has 186 valence electrons. The summed E-state index contributed by atoms with van der Waals surface area (Å²) in [6, 6.07) is 0. The number of Topliss-reactive ketones (excluding diaryl/α,β-unsaturated/α-hetero) is 1. The Kier molecular flexibility index (Phi) is 6.58. The first-order valence-electron chi connectivity index (χ1n) is 13.6. The molecule has 3 saturated carbocycles. The molecule has 9 atom stereocenters. The molecule has 0 aromatic carbocycles. The highest BCUT2D eigenvalue weighted by Crippen LogP contribution is 2.67. The average Bonchev–Trinajstić information content (AvgIpc) is 3.34. The third-order valence-electron chi connectivity index (χ3n) is 11.3. The van der Waals surface area contributed by atoms with Crippen LogP contribution in [-0.4, -0.2) is 28.7 Å². The van der Waals surface area contributed by atoms with Gasteiger partial charge in [-0.1, -0.05) is 58.4 Å². The molecule has 3 nitrogen and oxygen atoms in total. The minimum absolute atomic E-state index is 0.00690. The molecule has 4 aliphatic rings. The van der Waals surface area contributed by atoms with Gasteiger partial charge in [0.05, 0.1) is 6.10 Å². The largest absolute Gasteiger partial charge is 0.396 e. The summed E-state index contributed by atoms with van der Waals surface area (Å²) in [7, 11) is 0. The molecule has 0 radical (unpaired) electrons. The van der Waals surface area contributed by atoms with Crippen molar-refractivity contribution in [2.24, 2.45) is 51.8 Å². The number of carbonyl (C=O) groups excluding carboxylic acids is 1. The smallest absolute Gasteiger partial charge is 0.146 e. The van der Waals surface area contributed by atoms with Crippen LogP contribution in [-0.2, 0) is 4.79 Å². The fourth-order valence-corrected chi connectivity index (χ4v) is 8.82. The fourth-order valence-electron chi connectivity index (χ4n) is 8.82. The fraction of sp³-hybridized carbons (Fsp3) is 0.833. The summed E-state index contributed by atoms with van der Waals surface area (Å²) in [5, 5.41) is 20.3. The number of carbonyl (C=O) groups is 1. The van der Waals surface area contributed by atoms with Crippen LogP contribution < -0.4 is 0 Å². The Labute approximate surface area is 202 Å². The number of rotatable bonds is 7. The van der Waals surface area contributed by atoms with E-state index in [-0.39, 0.29) is 29.5 Å². The monoisotopic (exact) mass is 456 g/mol. The quantitative estimate of drug-likeness (QED) is 0.439. The third-order valence-corrected chi connectivity index (χ3v) is 11.3. The lowest BCUT2D eigenvalue weighted by Gasteiger charge is -2.48. The van der Waals surface area contributed by atoms with Gasteiger partial charge < -0.3 is 10.2 Å². The summed E-state index contributed by atoms with van der Waals surface area (Å²) in [6.07, 6.45) is 9.26. The predicted molar refractivity (Wildman–Crippen MR) is 135 cm³/mol. The topological polar surface area (TPSA) is 57.5 Å². The maximum atomic E-state index is 14.0. The van der Waals surface area contributed by atoms with E-state index >= 15 is 0 Å². The van der Waals surface area contributed by atoms with Gasteiger partial charge in [0.15, 0.2) is 0 Å². The summed E-state index contributed by atoms with van der Waals surface area (Å²) in [6.45, 7) is 18.5. The van der Waals surface area contributed by atoms with E-state index in [1.54, 1.807) is 0 Å². The van der Waals surface area contributed by atoms with Gasteiger partial charge in [0.1, 0.15) is 5.78 Å². The number of allylic oxidation sites excluding steroid dienone is 2. The predicted octanol–water partition coefficient (Wildman–Crippen LogP) is 6.34. The van der Waals surface area contributed by atoms with Crippen molar-refractivity contribution in [2.75, 3.05) is 6.61 Å². The van der Waals surface area contributed by atoms with E-state index in [1.165, 1.54) is 24.0 Å². The van der Waals surface area contributed by atoms with E-state index < -0.39 is 5.41 Å². The minimum atomic E-state index is -0.393. The van der Waals surface area contributed by atoms with Gasteiger partial charge in [-0.2, -0.15) is 0 Å². The normalized spacial score (nSPS) is 46.2. The second kappa shape index (κ2) is 8.63. The molecule has 9 unspecified atom stereocenters. The van der Waals surface area contributed by atoms with Gasteiger partial charge in [-0.15, -0.1) is 0 Å². The van der Waals surface area contributed by atoms with Crippen LogP contribution in [0.1, 0.15) is 92.9 Å². The second-order valence-corrected chi connectivity index (χ2v) is 13.2. The Morgan fingerprint density at radius 1 is 1.15 bits per heavy atom. The van der Waals surface area contributed by atoms with Gasteiger partial charge >= 0.3 is 0 Å². The van der Waals surface area contributed by atoms with Crippen molar-refractivity contribution >= 4 is 5.78 Å². The zero-order chi connectivity index (χ0) is 24.3. The summed E-state index contributed by atoms with van der Waals surface area (Å²) >= 11 is 0. The first-order valence-corrected chi connectivity index (χ1v) is 13.6. The van der Waals surface area contributed by atoms with Crippen LogP contribution in [0.5, 0.6) is 0 Å². The first kappa shape index (κ1) is 25.2. The van der Waals surface area contributed by atoms with Crippen LogP contribution in [0.2, 0.25) is 0 Å². The second-order valence-electron chi connectivity index (χ2n) is 13.2. The molecule has 4 aliphatic carbocycles. The van der Waals surface area contributed by atoms with Crippen molar-refractivity contribution in [2.45, 2.75) is 99.0 Å². The highest BCUT2D eigenvalue weighted by Gasteiger charge is 2.61. The zero-order valence-corrected chi connectivity index (χ0v) is 22.0. The Bertz CT molecular complexity index is 826. The van der Waals surface area contributed by atoms with E-state index in [1.807, 2.05) is 0 Å². The number of aliphatic hydroxyl groups excluding tert-OH is 2. The van der Waals surface area contributed by atoms with Crippen LogP contribution in [0, 0.1) is 51.8 Å². The summed E-state index contributed by atoms with van der Waals surface area (Å²) in [5.41, 5.74) is 2.42. The number of aliphatic hydroxyl groups is 2. The van der Waals surface area contributed by atoms with Crippen LogP contribution >= 0.6 is 0 Å². The van der Waals surface area contributed by atoms with Gasteiger partial charge in [0.25, 0.3) is 0 Å². The van der Waals surface area contributed by atoms with Crippen LogP contribution in [0.25, 0.3) is 0 Å². The van der Waals surface area contributed by atoms with Gasteiger partial charge in [-0.3, -0.25) is 4.79 Å². The van der Waals surface area contributed by atoms with Crippen LogP contribution in [0.3, 0.4) is 0 Å². The van der Waals surface area contributed by atoms with Crippen molar-refractivity contribution in [3.63, 3.8) is 0 Å². The van der Waals surface area contributed by atoms with E-state index in [0.717, 1.165) is 32.1 Å². The van der Waals surface area contributed by atoms with Crippen molar-refractivity contribution in [1.29, 1.82) is 0 Å². The molecule has 0 aromatic heterocycles. The maximum absolute atomic E-state index is 14.0. The van der Waals surface area contributed by atoms with Crippen LogP contribution in [0.15, 0.2) is 23.8 Å². The summed E-state index contributed by atoms with van der Waals surface area (Å²) in [4.78, 5) is 14.0. The lowest BCUT2D eigenvalue weighted by atomic mass is 9.55. The molecule has 0 saturated heterocycles. The molecule has 4 rings (SSSR count). The van der Waals surface area contributed by atoms with Gasteiger partial charge in [0.2, 0.25) is 0 Å². The standard InChI is InChI=1S/C30H48O3/c1-18(2)20(4)30(7)17-26(30)19(3)24-10-11-25(29(24,6)14-15-31)23-9-8-21-16-22(32)12-13-28(21,5)27(23)33/h8,18-19,22-26,31-32H,4,9-17H2,1-3,5-7H3. The van der Waals surface area contributed by atoms with Crippen molar-refractivity contribution in [3.8, 4) is 0 Å². The summed E-state index contributed by atoms with van der Waals surface area (Å²) < 4.78 is 0. The lowest BCUT2D eigenvalue weighted by molar-refractivity contribution is -0.136. The molecular weight excluding hydrogens is 408 g/mol. The number of fused-ring (bicyclic) bond motifs is 1. The Hall–Kier alpha value is -0.930. The van der Waals surface area contributed by atoms with E-state index in [4.69, 9.17) is 0 Å². The number of ketones is 1. The van der Waals surface area contributed by atoms with Crippen molar-refractivity contribution < 1.29 is 15.0 Å². The first-order chi connectivity index (χ1) is 15.4. The van der Waals surface area contributed by atoms with E-state index in [2.05, 4.69) is 54.2 Å². The highest BCUT2D eigenvalue weighted by molar-refractivity contribution is 5.91. The van der Waals surface area contributed by atoms with Gasteiger partial charge in [0, 0.05) is 17.9 Å². The third kappa shape index (κ3) is 3.90. The number of hydrogen-bond donors (Lipinski definition) is 2. The van der Waals surface area contributed by atoms with Gasteiger partial charge in [-0.05, 0) is 98.7 Å². The molecule has 33 heavy (non-hydrogen) atoms. The van der Waals surface area contributed by atoms with E-state index in [0.29, 0.717) is 41.8 Å². The SMILES string of the molecule is C=C(C(C)C)C1(C)CC1C(C)C1CCC(C2CC=C3CC(O)CCC3(C)C2=O)C1(C)CCO. The molecule has 0 aromatic rings. The maximum Gasteiger partial charge on any atom is 0.146 e. The molecule has 0 aliphatic heterocycles. The molecule has 2 N–H and O–H groups in total. The number of hydrogen-bond acceptors (Lipinski definition) is 3. The summed E-state index contributed by atoms with van der Waals surface area (Å²) in [5.74, 6) is 3.11. The molecule has 0 heterocycles. The molecular formula is C30H48O3. The molecule has 0 spiro atoms. The molecule has 0 bridgehead atoms. The average molecular weight is 457 g/mol. The Morgan fingerprint density at radius 3 is 2.48 bits per heavy atom. The van der Waals surface area contributed by atoms with Crippen molar-refractivity contribution in [1.82, 2.24) is 0 Å². The minimum Gasteiger partial charge on any atom is -0.396 e. The van der Waals surface area contributed by atoms with Crippen LogP contribution in [0.4, 0.5) is 0 Å². The van der Waals surface area contributed by atoms with Crippen molar-refractivity contribution in [3.05, 3.63) is 23.8 Å². The lowest BCUT2D eigenvalue weighted by Crippen LogP contribution is -2.47. The molecule has 3 fully saturated rings. The van der Waals surface area contributed by atoms with Gasteiger partial charge in [-0.25, -0.2) is 0 Å². The Balaban J connectivity index is 1.57. The molecule has 0 amide bonds. The highest BCUT2D eigenvalue weighted by atomic mass is 16.3. The zero-order valence-electron chi connectivity index (χ0n) is 22.0. The Morgan fingerprint density at radius 2 is 1.85 bits per heavy atom. The van der Waals surface area contributed by atoms with E-state index in [9.17, 15) is 15.0 Å².